The molecule has 1 atom stereocenters. The molecule has 0 aliphatic carbocycles. The van der Waals surface area contributed by atoms with Gasteiger partial charge in [-0.15, -0.1) is 11.3 Å². The van der Waals surface area contributed by atoms with Crippen LogP contribution in [-0.2, 0) is 6.42 Å². The molecule has 2 N–H and O–H groups in total. The van der Waals surface area contributed by atoms with Gasteiger partial charge in [0.05, 0.1) is 5.01 Å². The number of nitrogens with zero attached hydrogens (tertiary/aromatic N) is 1. The molecule has 0 aliphatic heterocycles. The van der Waals surface area contributed by atoms with Crippen molar-refractivity contribution in [3.63, 3.8) is 0 Å². The monoisotopic (exact) mass is 308 g/mol. The minimum absolute atomic E-state index is 0.0360. The molecular weight excluding hydrogens is 291 g/mol. The summed E-state index contributed by atoms with van der Waals surface area (Å²) in [7, 11) is 0. The van der Waals surface area contributed by atoms with E-state index in [0.29, 0.717) is 18.5 Å². The van der Waals surface area contributed by atoms with Crippen LogP contribution in [0.25, 0.3) is 0 Å². The lowest BCUT2D eigenvalue weighted by molar-refractivity contribution is 0.0930. The molecule has 1 unspecified atom stereocenters. The summed E-state index contributed by atoms with van der Waals surface area (Å²) in [6.45, 7) is 1.87. The van der Waals surface area contributed by atoms with Gasteiger partial charge in [-0.25, -0.2) is 9.37 Å². The molecule has 1 aromatic heterocycles. The van der Waals surface area contributed by atoms with Crippen LogP contribution in [-0.4, -0.2) is 28.6 Å². The zero-order valence-electron chi connectivity index (χ0n) is 11.7. The second kappa shape index (κ2) is 7.28. The van der Waals surface area contributed by atoms with Gasteiger partial charge in [-0.2, -0.15) is 0 Å². The molecule has 21 heavy (non-hydrogen) atoms. The summed E-state index contributed by atoms with van der Waals surface area (Å²) < 4.78 is 12.8. The van der Waals surface area contributed by atoms with Crippen molar-refractivity contribution in [3.8, 4) is 0 Å². The lowest BCUT2D eigenvalue weighted by Gasteiger charge is -2.10. The fraction of sp³-hybridized carbons (Fsp3) is 0.333. The van der Waals surface area contributed by atoms with E-state index < -0.39 is 0 Å². The number of carbonyl (C=O) groups excluding carboxylic acids is 1. The molecule has 6 heteroatoms. The Bertz CT molecular complexity index is 598. The normalized spacial score (nSPS) is 12.1. The van der Waals surface area contributed by atoms with Gasteiger partial charge in [0.15, 0.2) is 0 Å². The number of aromatic nitrogens is 1. The van der Waals surface area contributed by atoms with Crippen molar-refractivity contribution in [2.45, 2.75) is 25.8 Å². The number of aliphatic hydroxyl groups is 1. The van der Waals surface area contributed by atoms with Crippen molar-refractivity contribution in [2.24, 2.45) is 0 Å². The second-order valence-electron chi connectivity index (χ2n) is 4.82. The van der Waals surface area contributed by atoms with E-state index in [1.54, 1.807) is 17.5 Å². The maximum Gasteiger partial charge on any atom is 0.270 e. The number of hydrogen-bond donors (Lipinski definition) is 2. The first-order chi connectivity index (χ1) is 10.1. The minimum Gasteiger partial charge on any atom is -0.396 e. The van der Waals surface area contributed by atoms with E-state index in [0.717, 1.165) is 10.6 Å². The van der Waals surface area contributed by atoms with E-state index in [-0.39, 0.29) is 24.4 Å². The quantitative estimate of drug-likeness (QED) is 0.861. The van der Waals surface area contributed by atoms with Crippen LogP contribution in [0.3, 0.4) is 0 Å². The maximum atomic E-state index is 12.8. The predicted octanol–water partition coefficient (Wildman–Crippen LogP) is 2.37. The van der Waals surface area contributed by atoms with Crippen molar-refractivity contribution in [3.05, 3.63) is 51.7 Å². The maximum absolute atomic E-state index is 12.8. The summed E-state index contributed by atoms with van der Waals surface area (Å²) in [4.78, 5) is 16.2. The highest BCUT2D eigenvalue weighted by Crippen LogP contribution is 2.15. The molecule has 112 valence electrons. The Morgan fingerprint density at radius 1 is 1.43 bits per heavy atom. The van der Waals surface area contributed by atoms with Gasteiger partial charge < -0.3 is 10.4 Å². The molecule has 1 amide bonds. The smallest absolute Gasteiger partial charge is 0.270 e. The summed E-state index contributed by atoms with van der Waals surface area (Å²) in [5.74, 6) is -0.506. The van der Waals surface area contributed by atoms with Gasteiger partial charge in [0.25, 0.3) is 5.91 Å². The molecule has 2 rings (SSSR count). The van der Waals surface area contributed by atoms with Gasteiger partial charge >= 0.3 is 0 Å². The Morgan fingerprint density at radius 2 is 2.14 bits per heavy atom. The number of carbonyl (C=O) groups is 1. The Balaban J connectivity index is 1.97. The van der Waals surface area contributed by atoms with E-state index in [1.165, 1.54) is 23.5 Å². The van der Waals surface area contributed by atoms with Gasteiger partial charge in [-0.05, 0) is 31.0 Å². The van der Waals surface area contributed by atoms with Crippen molar-refractivity contribution in [2.75, 3.05) is 6.61 Å². The standard InChI is InChI=1S/C15H17FN2O2S/c1-10(6-7-19)17-15(20)13-9-21-14(18-13)8-11-2-4-12(16)5-3-11/h2-5,9-10,19H,6-8H2,1H3,(H,17,20). The van der Waals surface area contributed by atoms with Gasteiger partial charge in [0, 0.05) is 24.4 Å². The predicted molar refractivity (Wildman–Crippen MR) is 80.0 cm³/mol. The average Bonchev–Trinajstić information content (AvgIpc) is 2.90. The molecule has 0 spiro atoms. The largest absolute Gasteiger partial charge is 0.396 e. The Morgan fingerprint density at radius 3 is 2.81 bits per heavy atom. The molecule has 2 aromatic rings. The van der Waals surface area contributed by atoms with Crippen LogP contribution in [0.4, 0.5) is 4.39 Å². The van der Waals surface area contributed by atoms with Gasteiger partial charge in [0.2, 0.25) is 0 Å². The van der Waals surface area contributed by atoms with Gasteiger partial charge in [-0.1, -0.05) is 12.1 Å². The van der Waals surface area contributed by atoms with Crippen LogP contribution in [0.5, 0.6) is 0 Å². The lowest BCUT2D eigenvalue weighted by Crippen LogP contribution is -2.33. The highest BCUT2D eigenvalue weighted by molar-refractivity contribution is 7.09. The third kappa shape index (κ3) is 4.61. The molecule has 0 radical (unpaired) electrons. The minimum atomic E-state index is -0.268. The number of rotatable bonds is 6. The third-order valence-electron chi connectivity index (χ3n) is 2.99. The van der Waals surface area contributed by atoms with E-state index in [9.17, 15) is 9.18 Å². The molecule has 0 aliphatic rings. The summed E-state index contributed by atoms with van der Waals surface area (Å²) in [5, 5.41) is 14.1. The first kappa shape index (κ1) is 15.6. The molecule has 0 fully saturated rings. The fourth-order valence-electron chi connectivity index (χ4n) is 1.84. The number of aliphatic hydroxyl groups excluding tert-OH is 1. The van der Waals surface area contributed by atoms with E-state index in [4.69, 9.17) is 5.11 Å². The highest BCUT2D eigenvalue weighted by atomic mass is 32.1. The number of nitrogens with one attached hydrogen (secondary N) is 1. The topological polar surface area (TPSA) is 62.2 Å². The Kier molecular flexibility index (Phi) is 5.41. The van der Waals surface area contributed by atoms with E-state index in [1.807, 2.05) is 6.92 Å². The van der Waals surface area contributed by atoms with Crippen LogP contribution in [0.15, 0.2) is 29.6 Å². The molecule has 0 saturated heterocycles. The van der Waals surface area contributed by atoms with Crippen LogP contribution >= 0.6 is 11.3 Å². The molecule has 0 saturated carbocycles. The van der Waals surface area contributed by atoms with Crippen molar-refractivity contribution in [1.29, 1.82) is 0 Å². The third-order valence-corrected chi connectivity index (χ3v) is 3.84. The number of benzene rings is 1. The Labute approximate surface area is 126 Å². The average molecular weight is 308 g/mol. The summed E-state index contributed by atoms with van der Waals surface area (Å²) in [5.41, 5.74) is 1.33. The van der Waals surface area contributed by atoms with Crippen molar-refractivity contribution >= 4 is 17.2 Å². The zero-order valence-corrected chi connectivity index (χ0v) is 12.5. The van der Waals surface area contributed by atoms with Crippen molar-refractivity contribution in [1.82, 2.24) is 10.3 Å². The number of halogens is 1. The number of amides is 1. The molecule has 4 nitrogen and oxygen atoms in total. The highest BCUT2D eigenvalue weighted by Gasteiger charge is 2.13. The van der Waals surface area contributed by atoms with E-state index >= 15 is 0 Å². The summed E-state index contributed by atoms with van der Waals surface area (Å²) in [6, 6.07) is 6.14. The number of hydrogen-bond acceptors (Lipinski definition) is 4. The fourth-order valence-corrected chi connectivity index (χ4v) is 2.65. The zero-order chi connectivity index (χ0) is 15.2. The van der Waals surface area contributed by atoms with Gasteiger partial charge in [0.1, 0.15) is 11.5 Å². The first-order valence-corrected chi connectivity index (χ1v) is 7.57. The number of thiazole rings is 1. The van der Waals surface area contributed by atoms with Crippen molar-refractivity contribution < 1.29 is 14.3 Å². The van der Waals surface area contributed by atoms with Gasteiger partial charge in [-0.3, -0.25) is 4.79 Å². The molecule has 0 bridgehead atoms. The first-order valence-electron chi connectivity index (χ1n) is 6.69. The lowest BCUT2D eigenvalue weighted by atomic mass is 10.1. The van der Waals surface area contributed by atoms with Crippen LogP contribution in [0.1, 0.15) is 34.4 Å². The van der Waals surface area contributed by atoms with Crippen LogP contribution < -0.4 is 5.32 Å². The summed E-state index contributed by atoms with van der Waals surface area (Å²) in [6.07, 6.45) is 1.09. The summed E-state index contributed by atoms with van der Waals surface area (Å²) >= 11 is 1.40. The molecule has 1 aromatic carbocycles. The SMILES string of the molecule is CC(CCO)NC(=O)c1csc(Cc2ccc(F)cc2)n1. The van der Waals surface area contributed by atoms with E-state index in [2.05, 4.69) is 10.3 Å². The van der Waals surface area contributed by atoms with Crippen LogP contribution in [0, 0.1) is 5.82 Å². The van der Waals surface area contributed by atoms with Crippen LogP contribution in [0.2, 0.25) is 0 Å². The Hall–Kier alpha value is -1.79. The molecule has 1 heterocycles. The second-order valence-corrected chi connectivity index (χ2v) is 5.76. The molecular formula is C15H17FN2O2S.